The fourth-order valence-electron chi connectivity index (χ4n) is 1.25. The molecule has 1 aliphatic rings. The molecule has 12 heavy (non-hydrogen) atoms. The standard InChI is InChI=1S/C10H10N2/c1-2-8-7-11-9-5-3-4-6-10(9)12-8/h2-6,8H,1,7H2. The Morgan fingerprint density at radius 3 is 2.83 bits per heavy atom. The fourth-order valence-corrected chi connectivity index (χ4v) is 1.25. The zero-order chi connectivity index (χ0) is 8.39. The van der Waals surface area contributed by atoms with E-state index in [1.54, 1.807) is 0 Å². The maximum atomic E-state index is 4.45. The first-order valence-corrected chi connectivity index (χ1v) is 4.00. The number of nitrogens with zero attached hydrogens (tertiary/aromatic N) is 2. The summed E-state index contributed by atoms with van der Waals surface area (Å²) >= 11 is 0. The molecule has 0 aromatic heterocycles. The van der Waals surface area contributed by atoms with Gasteiger partial charge in [0.05, 0.1) is 23.3 Å². The van der Waals surface area contributed by atoms with Crippen LogP contribution in [0.1, 0.15) is 0 Å². The van der Waals surface area contributed by atoms with Gasteiger partial charge in [-0.15, -0.1) is 6.58 Å². The van der Waals surface area contributed by atoms with Crippen molar-refractivity contribution in [1.82, 2.24) is 0 Å². The largest absolute Gasteiger partial charge is 0.281 e. The lowest BCUT2D eigenvalue weighted by molar-refractivity contribution is 0.751. The van der Waals surface area contributed by atoms with E-state index in [2.05, 4.69) is 16.6 Å². The number of rotatable bonds is 1. The summed E-state index contributed by atoms with van der Waals surface area (Å²) < 4.78 is 0. The minimum absolute atomic E-state index is 0.167. The Bertz CT molecular complexity index is 406. The molecule has 1 unspecified atom stereocenters. The molecular formula is C10H10N2. The second-order valence-electron chi connectivity index (χ2n) is 2.76. The van der Waals surface area contributed by atoms with Crippen molar-refractivity contribution in [3.8, 4) is 0 Å². The van der Waals surface area contributed by atoms with E-state index in [4.69, 9.17) is 0 Å². The van der Waals surface area contributed by atoms with Crippen LogP contribution in [0.3, 0.4) is 0 Å². The van der Waals surface area contributed by atoms with Gasteiger partial charge in [0.2, 0.25) is 0 Å². The van der Waals surface area contributed by atoms with E-state index in [1.165, 1.54) is 0 Å². The average Bonchev–Trinajstić information content (AvgIpc) is 2.17. The summed E-state index contributed by atoms with van der Waals surface area (Å²) in [6.45, 7) is 4.44. The number of benzene rings is 1. The second-order valence-corrected chi connectivity index (χ2v) is 2.76. The van der Waals surface area contributed by atoms with Crippen LogP contribution in [0.4, 0.5) is 0 Å². The average molecular weight is 158 g/mol. The Morgan fingerprint density at radius 1 is 1.33 bits per heavy atom. The monoisotopic (exact) mass is 158 g/mol. The summed E-state index contributed by atoms with van der Waals surface area (Å²) in [4.78, 5) is 8.83. The van der Waals surface area contributed by atoms with Crippen molar-refractivity contribution in [2.24, 2.45) is 9.98 Å². The number of fused-ring (bicyclic) bond motifs is 1. The van der Waals surface area contributed by atoms with Crippen LogP contribution in [0.2, 0.25) is 0 Å². The highest BCUT2D eigenvalue weighted by Gasteiger charge is 2.03. The zero-order valence-electron chi connectivity index (χ0n) is 6.77. The zero-order valence-corrected chi connectivity index (χ0v) is 6.77. The van der Waals surface area contributed by atoms with Crippen LogP contribution in [0, 0.1) is 0 Å². The van der Waals surface area contributed by atoms with Crippen LogP contribution in [0.5, 0.6) is 0 Å². The predicted octanol–water partition coefficient (Wildman–Crippen LogP) is 0.494. The molecule has 2 rings (SSSR count). The molecule has 1 atom stereocenters. The fraction of sp³-hybridized carbons (Fsp3) is 0.200. The molecule has 0 radical (unpaired) electrons. The topological polar surface area (TPSA) is 24.7 Å². The Labute approximate surface area is 71.0 Å². The Hall–Kier alpha value is -1.44. The summed E-state index contributed by atoms with van der Waals surface area (Å²) in [5.74, 6) is 0. The van der Waals surface area contributed by atoms with Crippen molar-refractivity contribution in [2.75, 3.05) is 6.54 Å². The number of para-hydroxylation sites is 2. The third kappa shape index (κ3) is 1.16. The van der Waals surface area contributed by atoms with E-state index in [1.807, 2.05) is 30.3 Å². The molecule has 0 amide bonds. The van der Waals surface area contributed by atoms with E-state index in [0.29, 0.717) is 0 Å². The summed E-state index contributed by atoms with van der Waals surface area (Å²) in [5.41, 5.74) is 0. The predicted molar refractivity (Wildman–Crippen MR) is 47.6 cm³/mol. The lowest BCUT2D eigenvalue weighted by Gasteiger charge is -2.06. The molecule has 0 bridgehead atoms. The van der Waals surface area contributed by atoms with Crippen LogP contribution in [0.25, 0.3) is 0 Å². The van der Waals surface area contributed by atoms with E-state index in [9.17, 15) is 0 Å². The van der Waals surface area contributed by atoms with Crippen LogP contribution >= 0.6 is 0 Å². The van der Waals surface area contributed by atoms with Gasteiger partial charge in [0.15, 0.2) is 0 Å². The van der Waals surface area contributed by atoms with Crippen molar-refractivity contribution in [3.05, 3.63) is 47.6 Å². The van der Waals surface area contributed by atoms with Gasteiger partial charge in [-0.2, -0.15) is 0 Å². The Kier molecular flexibility index (Phi) is 1.74. The van der Waals surface area contributed by atoms with Gasteiger partial charge in [0.1, 0.15) is 0 Å². The van der Waals surface area contributed by atoms with Gasteiger partial charge in [0.25, 0.3) is 0 Å². The highest BCUT2D eigenvalue weighted by Crippen LogP contribution is 1.93. The minimum atomic E-state index is 0.167. The SMILES string of the molecule is C=CC1CN=c2ccccc2=N1. The van der Waals surface area contributed by atoms with Gasteiger partial charge in [-0.05, 0) is 12.1 Å². The van der Waals surface area contributed by atoms with Crippen molar-refractivity contribution in [2.45, 2.75) is 6.04 Å². The number of hydrogen-bond acceptors (Lipinski definition) is 2. The van der Waals surface area contributed by atoms with Crippen molar-refractivity contribution in [3.63, 3.8) is 0 Å². The molecule has 60 valence electrons. The summed E-state index contributed by atoms with van der Waals surface area (Å²) in [6.07, 6.45) is 1.83. The van der Waals surface area contributed by atoms with Crippen LogP contribution in [0.15, 0.2) is 46.9 Å². The van der Waals surface area contributed by atoms with Gasteiger partial charge in [0, 0.05) is 0 Å². The lowest BCUT2D eigenvalue weighted by Crippen LogP contribution is -2.32. The first kappa shape index (κ1) is 7.22. The molecule has 0 N–H and O–H groups in total. The molecule has 0 fully saturated rings. The molecule has 0 spiro atoms. The minimum Gasteiger partial charge on any atom is -0.281 e. The highest BCUT2D eigenvalue weighted by molar-refractivity contribution is 5.05. The van der Waals surface area contributed by atoms with Crippen molar-refractivity contribution < 1.29 is 0 Å². The number of hydrogen-bond donors (Lipinski definition) is 0. The normalized spacial score (nSPS) is 20.2. The van der Waals surface area contributed by atoms with E-state index < -0.39 is 0 Å². The molecule has 0 aliphatic carbocycles. The van der Waals surface area contributed by atoms with E-state index >= 15 is 0 Å². The first-order valence-electron chi connectivity index (χ1n) is 4.00. The second kappa shape index (κ2) is 2.89. The van der Waals surface area contributed by atoms with Crippen molar-refractivity contribution in [1.29, 1.82) is 0 Å². The molecule has 1 aromatic carbocycles. The molecule has 0 saturated heterocycles. The van der Waals surface area contributed by atoms with E-state index in [-0.39, 0.29) is 6.04 Å². The molecule has 1 aromatic rings. The van der Waals surface area contributed by atoms with Gasteiger partial charge in [-0.25, -0.2) is 0 Å². The maximum Gasteiger partial charge on any atom is 0.0880 e. The maximum absolute atomic E-state index is 4.45. The van der Waals surface area contributed by atoms with Crippen LogP contribution in [-0.4, -0.2) is 12.6 Å². The Morgan fingerprint density at radius 2 is 2.08 bits per heavy atom. The van der Waals surface area contributed by atoms with Crippen LogP contribution in [-0.2, 0) is 0 Å². The molecule has 1 aliphatic heterocycles. The molecule has 1 heterocycles. The van der Waals surface area contributed by atoms with E-state index in [0.717, 1.165) is 17.3 Å². The highest BCUT2D eigenvalue weighted by atomic mass is 14.9. The summed E-state index contributed by atoms with van der Waals surface area (Å²) in [7, 11) is 0. The summed E-state index contributed by atoms with van der Waals surface area (Å²) in [6, 6.07) is 8.09. The van der Waals surface area contributed by atoms with Gasteiger partial charge < -0.3 is 0 Å². The Balaban J connectivity index is 2.63. The van der Waals surface area contributed by atoms with Crippen molar-refractivity contribution >= 4 is 0 Å². The molecular weight excluding hydrogens is 148 g/mol. The van der Waals surface area contributed by atoms with Gasteiger partial charge >= 0.3 is 0 Å². The summed E-state index contributed by atoms with van der Waals surface area (Å²) in [5, 5.41) is 1.98. The lowest BCUT2D eigenvalue weighted by atomic mass is 10.2. The molecule has 0 saturated carbocycles. The van der Waals surface area contributed by atoms with Gasteiger partial charge in [-0.3, -0.25) is 9.98 Å². The molecule has 2 nitrogen and oxygen atoms in total. The van der Waals surface area contributed by atoms with Gasteiger partial charge in [-0.1, -0.05) is 18.2 Å². The van der Waals surface area contributed by atoms with Crippen LogP contribution < -0.4 is 10.7 Å². The molecule has 2 heteroatoms. The third-order valence-electron chi connectivity index (χ3n) is 1.91. The smallest absolute Gasteiger partial charge is 0.0880 e. The quantitative estimate of drug-likeness (QED) is 0.531. The third-order valence-corrected chi connectivity index (χ3v) is 1.91. The first-order chi connectivity index (χ1) is 5.90.